The van der Waals surface area contributed by atoms with Gasteiger partial charge in [0, 0.05) is 30.4 Å². The molecule has 0 bridgehead atoms. The molecule has 30 heavy (non-hydrogen) atoms. The molecule has 2 aromatic carbocycles. The summed E-state index contributed by atoms with van der Waals surface area (Å²) in [6, 6.07) is 15.4. The van der Waals surface area contributed by atoms with Crippen molar-refractivity contribution in [1.82, 2.24) is 4.90 Å². The molecular formula is C28H32N2. The summed E-state index contributed by atoms with van der Waals surface area (Å²) in [5, 5.41) is 0. The van der Waals surface area contributed by atoms with Gasteiger partial charge in [0.25, 0.3) is 0 Å². The number of hydrogen-bond acceptors (Lipinski definition) is 2. The zero-order valence-electron chi connectivity index (χ0n) is 19.1. The lowest BCUT2D eigenvalue weighted by molar-refractivity contribution is 0.452. The van der Waals surface area contributed by atoms with Crippen LogP contribution in [0.2, 0.25) is 0 Å². The maximum Gasteiger partial charge on any atom is 0.208 e. The Morgan fingerprint density at radius 2 is 1.43 bits per heavy atom. The normalized spacial score (nSPS) is 19.7. The van der Waals surface area contributed by atoms with E-state index in [-0.39, 0.29) is 5.92 Å². The molecule has 1 unspecified atom stereocenters. The van der Waals surface area contributed by atoms with E-state index in [2.05, 4.69) is 113 Å². The fourth-order valence-electron chi connectivity index (χ4n) is 5.16. The molecule has 2 radical (unpaired) electrons. The van der Waals surface area contributed by atoms with Gasteiger partial charge in [0.2, 0.25) is 6.67 Å². The molecule has 2 aromatic rings. The van der Waals surface area contributed by atoms with E-state index in [1.54, 1.807) is 0 Å². The minimum atomic E-state index is 0.243. The summed E-state index contributed by atoms with van der Waals surface area (Å²) in [6.07, 6.45) is 4.64. The van der Waals surface area contributed by atoms with Gasteiger partial charge in [0.15, 0.2) is 0 Å². The van der Waals surface area contributed by atoms with Gasteiger partial charge in [0.1, 0.15) is 0 Å². The van der Waals surface area contributed by atoms with Crippen molar-refractivity contribution in [3.8, 4) is 0 Å². The van der Waals surface area contributed by atoms with Gasteiger partial charge >= 0.3 is 0 Å². The third-order valence-corrected chi connectivity index (χ3v) is 6.15. The summed E-state index contributed by atoms with van der Waals surface area (Å²) in [7, 11) is 0. The Bertz CT molecular complexity index is 1020. The number of aryl methyl sites for hydroxylation is 3. The van der Waals surface area contributed by atoms with Gasteiger partial charge in [-0.1, -0.05) is 71.3 Å². The summed E-state index contributed by atoms with van der Waals surface area (Å²) in [5.74, 6) is 0.243. The van der Waals surface area contributed by atoms with Crippen LogP contribution < -0.4 is 4.90 Å². The SMILES string of the molecule is CC1=CC(C)=C(N2[C]N(c3c(C)cc(C)cc3C)CC2)C(c2ccccc2)C(C)=C1. The molecular weight excluding hydrogens is 364 g/mol. The number of anilines is 1. The molecule has 0 aromatic heterocycles. The number of hydrogen-bond donors (Lipinski definition) is 0. The average molecular weight is 397 g/mol. The summed E-state index contributed by atoms with van der Waals surface area (Å²) in [5.41, 5.74) is 11.9. The van der Waals surface area contributed by atoms with Gasteiger partial charge in [-0.3, -0.25) is 0 Å². The van der Waals surface area contributed by atoms with Gasteiger partial charge in [-0.05, 0) is 63.8 Å². The van der Waals surface area contributed by atoms with E-state index in [4.69, 9.17) is 0 Å². The fourth-order valence-corrected chi connectivity index (χ4v) is 5.16. The first kappa shape index (κ1) is 20.5. The minimum absolute atomic E-state index is 0.243. The number of allylic oxidation sites excluding steroid dienone is 5. The molecule has 1 fully saturated rings. The summed E-state index contributed by atoms with van der Waals surface area (Å²) < 4.78 is 0. The molecule has 1 saturated heterocycles. The van der Waals surface area contributed by atoms with Crippen LogP contribution in [0.3, 0.4) is 0 Å². The summed E-state index contributed by atoms with van der Waals surface area (Å²) >= 11 is 0. The third-order valence-electron chi connectivity index (χ3n) is 6.15. The first-order valence-corrected chi connectivity index (χ1v) is 10.9. The zero-order valence-corrected chi connectivity index (χ0v) is 19.1. The number of rotatable bonds is 3. The van der Waals surface area contributed by atoms with Gasteiger partial charge < -0.3 is 9.80 Å². The average Bonchev–Trinajstić information content (AvgIpc) is 3.10. The summed E-state index contributed by atoms with van der Waals surface area (Å²) in [6.45, 7) is 18.9. The number of benzene rings is 2. The molecule has 2 heteroatoms. The van der Waals surface area contributed by atoms with Crippen molar-refractivity contribution >= 4 is 5.69 Å². The van der Waals surface area contributed by atoms with Crippen molar-refractivity contribution in [2.24, 2.45) is 0 Å². The Morgan fingerprint density at radius 1 is 0.800 bits per heavy atom. The van der Waals surface area contributed by atoms with E-state index < -0.39 is 0 Å². The smallest absolute Gasteiger partial charge is 0.208 e. The first-order chi connectivity index (χ1) is 14.3. The lowest BCUT2D eigenvalue weighted by atomic mass is 9.87. The van der Waals surface area contributed by atoms with Gasteiger partial charge in [-0.15, -0.1) is 0 Å². The molecule has 1 atom stereocenters. The van der Waals surface area contributed by atoms with Crippen LogP contribution in [-0.2, 0) is 0 Å². The topological polar surface area (TPSA) is 6.48 Å². The molecule has 0 amide bonds. The Labute approximate surface area is 182 Å². The van der Waals surface area contributed by atoms with E-state index in [9.17, 15) is 0 Å². The molecule has 1 aliphatic carbocycles. The Kier molecular flexibility index (Phi) is 5.60. The van der Waals surface area contributed by atoms with Gasteiger partial charge in [0.05, 0.1) is 0 Å². The second-order valence-electron chi connectivity index (χ2n) is 8.84. The largest absolute Gasteiger partial charge is 0.342 e. The maximum absolute atomic E-state index is 3.72. The molecule has 1 aliphatic heterocycles. The number of nitrogens with zero attached hydrogens (tertiary/aromatic N) is 2. The highest BCUT2D eigenvalue weighted by molar-refractivity contribution is 5.62. The molecule has 4 rings (SSSR count). The van der Waals surface area contributed by atoms with Gasteiger partial charge in [-0.25, -0.2) is 0 Å². The summed E-state index contributed by atoms with van der Waals surface area (Å²) in [4.78, 5) is 4.67. The van der Waals surface area contributed by atoms with E-state index in [0.717, 1.165) is 13.1 Å². The Morgan fingerprint density at radius 3 is 2.10 bits per heavy atom. The Balaban J connectivity index is 1.73. The van der Waals surface area contributed by atoms with E-state index >= 15 is 0 Å². The van der Waals surface area contributed by atoms with Gasteiger partial charge in [-0.2, -0.15) is 0 Å². The molecule has 154 valence electrons. The van der Waals surface area contributed by atoms with E-state index in [1.807, 2.05) is 0 Å². The van der Waals surface area contributed by atoms with E-state index in [1.165, 1.54) is 50.4 Å². The van der Waals surface area contributed by atoms with Crippen molar-refractivity contribution in [3.63, 3.8) is 0 Å². The predicted molar refractivity (Wildman–Crippen MR) is 127 cm³/mol. The van der Waals surface area contributed by atoms with Crippen molar-refractivity contribution in [3.05, 3.63) is 106 Å². The predicted octanol–water partition coefficient (Wildman–Crippen LogP) is 6.69. The minimum Gasteiger partial charge on any atom is -0.342 e. The van der Waals surface area contributed by atoms with Crippen molar-refractivity contribution in [1.29, 1.82) is 0 Å². The second kappa shape index (κ2) is 8.18. The second-order valence-corrected chi connectivity index (χ2v) is 8.84. The van der Waals surface area contributed by atoms with Crippen molar-refractivity contribution in [2.45, 2.75) is 47.5 Å². The monoisotopic (exact) mass is 396 g/mol. The Hall–Kier alpha value is -2.74. The van der Waals surface area contributed by atoms with E-state index in [0.29, 0.717) is 0 Å². The van der Waals surface area contributed by atoms with Crippen LogP contribution in [0.25, 0.3) is 0 Å². The fraction of sp³-hybridized carbons (Fsp3) is 0.321. The van der Waals surface area contributed by atoms with Crippen LogP contribution in [0.5, 0.6) is 0 Å². The third kappa shape index (κ3) is 3.84. The van der Waals surface area contributed by atoms with Crippen LogP contribution >= 0.6 is 0 Å². The molecule has 2 nitrogen and oxygen atoms in total. The molecule has 2 aliphatic rings. The molecule has 1 heterocycles. The molecule has 0 saturated carbocycles. The zero-order chi connectivity index (χ0) is 21.4. The van der Waals surface area contributed by atoms with Crippen molar-refractivity contribution in [2.75, 3.05) is 18.0 Å². The standard InChI is InChI=1S/C28H32N2/c1-19-14-21(3)26(25-10-8-7-9-11-25)28(24(6)17-19)30-13-12-29(18-30)27-22(4)15-20(2)16-23(27)5/h7-11,14-17,26H,12-13H2,1-6H3. The van der Waals surface area contributed by atoms with Crippen LogP contribution in [0.4, 0.5) is 5.69 Å². The van der Waals surface area contributed by atoms with Crippen LogP contribution in [0.15, 0.2) is 77.0 Å². The lowest BCUT2D eigenvalue weighted by Gasteiger charge is -2.31. The van der Waals surface area contributed by atoms with Crippen LogP contribution in [-0.4, -0.2) is 18.0 Å². The molecule has 0 spiro atoms. The van der Waals surface area contributed by atoms with Crippen LogP contribution in [0, 0.1) is 27.4 Å². The first-order valence-electron chi connectivity index (χ1n) is 10.9. The lowest BCUT2D eigenvalue weighted by Crippen LogP contribution is -2.25. The quantitative estimate of drug-likeness (QED) is 0.570. The maximum atomic E-state index is 3.72. The highest BCUT2D eigenvalue weighted by Gasteiger charge is 2.32. The van der Waals surface area contributed by atoms with Crippen molar-refractivity contribution < 1.29 is 0 Å². The van der Waals surface area contributed by atoms with Crippen LogP contribution in [0.1, 0.15) is 48.9 Å². The highest BCUT2D eigenvalue weighted by atomic mass is 15.4. The molecule has 0 N–H and O–H groups in total. The highest BCUT2D eigenvalue weighted by Crippen LogP contribution is 2.41.